The molecule has 3 heterocycles. The van der Waals surface area contributed by atoms with Crippen molar-refractivity contribution in [2.45, 2.75) is 102 Å². The van der Waals surface area contributed by atoms with E-state index >= 15 is 0 Å². The summed E-state index contributed by atoms with van der Waals surface area (Å²) in [5, 5.41) is 4.15. The number of ether oxygens (including phenoxy) is 2. The normalized spacial score (nSPS) is 22.6. The topological polar surface area (TPSA) is 103 Å². The van der Waals surface area contributed by atoms with E-state index in [9.17, 15) is 35.9 Å². The second kappa shape index (κ2) is 16.1. The van der Waals surface area contributed by atoms with Crippen LogP contribution in [0.25, 0.3) is 11.1 Å². The van der Waals surface area contributed by atoms with Crippen LogP contribution in [0.15, 0.2) is 43.0 Å². The van der Waals surface area contributed by atoms with Crippen LogP contribution in [0.5, 0.6) is 0 Å². The molecule has 0 N–H and O–H groups in total. The first-order valence-electron chi connectivity index (χ1n) is 17.5. The number of esters is 1. The third-order valence-electron chi connectivity index (χ3n) is 10.2. The molecule has 2 aromatic heterocycles. The summed E-state index contributed by atoms with van der Waals surface area (Å²) in [7, 11) is 3.12. The number of hydrogen-bond acceptors (Lipinski definition) is 8. The van der Waals surface area contributed by atoms with E-state index in [1.54, 1.807) is 46.3 Å². The van der Waals surface area contributed by atoms with Crippen molar-refractivity contribution in [3.05, 3.63) is 59.7 Å². The zero-order chi connectivity index (χ0) is 37.8. The lowest BCUT2D eigenvalue weighted by molar-refractivity contribution is -0.147. The van der Waals surface area contributed by atoms with Gasteiger partial charge >= 0.3 is 24.4 Å². The standard InChI is InChI=1S/C36H44F6N6O4/c1-5-29-14-31(15-30(6-2)48(29)34(50)52-21-22-7-9-24(10-8-22)32(49)51-4)47(33-43-16-25(17-44-33)26-18-45-46(3)20-26)19-23-11-27(35(37,38)39)13-28(12-23)36(40,41)42/h11-13,16-18,20,22,24,29-31H,5-10,14-15,19,21H2,1-4H3/t22?,24?,29-,30+,31?. The minimum Gasteiger partial charge on any atom is -0.469 e. The summed E-state index contributed by atoms with van der Waals surface area (Å²) in [6.45, 7) is 3.70. The maximum absolute atomic E-state index is 13.8. The molecule has 1 aromatic carbocycles. The number of carbonyl (C=O) groups is 2. The van der Waals surface area contributed by atoms with Crippen molar-refractivity contribution < 1.29 is 45.4 Å². The van der Waals surface area contributed by atoms with Gasteiger partial charge in [-0.15, -0.1) is 0 Å². The Morgan fingerprint density at radius 3 is 1.92 bits per heavy atom. The Morgan fingerprint density at radius 2 is 1.44 bits per heavy atom. The summed E-state index contributed by atoms with van der Waals surface area (Å²) in [5.41, 5.74) is -1.65. The summed E-state index contributed by atoms with van der Waals surface area (Å²) in [5.74, 6) is -0.141. The largest absolute Gasteiger partial charge is 0.469 e. The number of amides is 1. The van der Waals surface area contributed by atoms with Crippen molar-refractivity contribution in [2.24, 2.45) is 18.9 Å². The van der Waals surface area contributed by atoms with E-state index in [0.29, 0.717) is 44.1 Å². The van der Waals surface area contributed by atoms with Crippen molar-refractivity contribution in [2.75, 3.05) is 18.6 Å². The average molecular weight is 739 g/mol. The summed E-state index contributed by atoms with van der Waals surface area (Å²) in [6.07, 6.45) is 0.525. The molecule has 1 aliphatic carbocycles. The number of carbonyl (C=O) groups excluding carboxylic acids is 2. The van der Waals surface area contributed by atoms with Gasteiger partial charge in [0.1, 0.15) is 0 Å². The summed E-state index contributed by atoms with van der Waals surface area (Å²) >= 11 is 0. The number of alkyl halides is 6. The first-order chi connectivity index (χ1) is 24.6. The van der Waals surface area contributed by atoms with Crippen LogP contribution in [0.1, 0.15) is 81.9 Å². The Morgan fingerprint density at radius 1 is 0.865 bits per heavy atom. The van der Waals surface area contributed by atoms with Crippen molar-refractivity contribution in [1.29, 1.82) is 0 Å². The number of aromatic nitrogens is 4. The quantitative estimate of drug-likeness (QED) is 0.152. The molecular formula is C36H44F6N6O4. The molecule has 0 spiro atoms. The predicted molar refractivity (Wildman–Crippen MR) is 179 cm³/mol. The number of rotatable bonds is 10. The zero-order valence-corrected chi connectivity index (χ0v) is 29.6. The maximum Gasteiger partial charge on any atom is 0.416 e. The molecular weight excluding hydrogens is 694 g/mol. The third-order valence-corrected chi connectivity index (χ3v) is 10.2. The van der Waals surface area contributed by atoms with Crippen LogP contribution in [0.3, 0.4) is 0 Å². The van der Waals surface area contributed by atoms with Gasteiger partial charge in [-0.3, -0.25) is 9.48 Å². The van der Waals surface area contributed by atoms with E-state index in [1.807, 2.05) is 13.8 Å². The van der Waals surface area contributed by atoms with E-state index in [-0.39, 0.29) is 60.6 Å². The molecule has 1 amide bonds. The van der Waals surface area contributed by atoms with E-state index in [1.165, 1.54) is 7.11 Å². The monoisotopic (exact) mass is 738 g/mol. The number of likely N-dealkylation sites (tertiary alicyclic amines) is 1. The molecule has 1 aliphatic heterocycles. The molecule has 0 radical (unpaired) electrons. The first-order valence-corrected chi connectivity index (χ1v) is 17.5. The first kappa shape index (κ1) is 38.9. The van der Waals surface area contributed by atoms with Crippen molar-refractivity contribution in [3.63, 3.8) is 0 Å². The van der Waals surface area contributed by atoms with Crippen molar-refractivity contribution in [1.82, 2.24) is 24.6 Å². The molecule has 5 rings (SSSR count). The van der Waals surface area contributed by atoms with Gasteiger partial charge in [0.2, 0.25) is 5.95 Å². The summed E-state index contributed by atoms with van der Waals surface area (Å²) in [6, 6.07) is 0.451. The smallest absolute Gasteiger partial charge is 0.416 e. The molecule has 0 bridgehead atoms. The number of aryl methyl sites for hydroxylation is 1. The fourth-order valence-corrected chi connectivity index (χ4v) is 7.38. The molecule has 1 saturated heterocycles. The second-order valence-electron chi connectivity index (χ2n) is 13.7. The van der Waals surface area contributed by atoms with Gasteiger partial charge in [-0.25, -0.2) is 14.8 Å². The Labute approximate surface area is 298 Å². The average Bonchev–Trinajstić information content (AvgIpc) is 3.57. The van der Waals surface area contributed by atoms with E-state index in [0.717, 1.165) is 30.5 Å². The predicted octanol–water partition coefficient (Wildman–Crippen LogP) is 8.06. The molecule has 3 aromatic rings. The van der Waals surface area contributed by atoms with Gasteiger partial charge in [0.25, 0.3) is 0 Å². The van der Waals surface area contributed by atoms with Crippen molar-refractivity contribution >= 4 is 18.0 Å². The highest BCUT2D eigenvalue weighted by Gasteiger charge is 2.42. The Balaban J connectivity index is 1.41. The van der Waals surface area contributed by atoms with Crippen LogP contribution >= 0.6 is 0 Å². The number of benzene rings is 1. The lowest BCUT2D eigenvalue weighted by atomic mass is 9.82. The number of methoxy groups -OCH3 is 1. The molecule has 2 fully saturated rings. The molecule has 10 nitrogen and oxygen atoms in total. The van der Waals surface area contributed by atoms with Gasteiger partial charge in [0, 0.05) is 61.4 Å². The molecule has 3 atom stereocenters. The second-order valence-corrected chi connectivity index (χ2v) is 13.7. The number of hydrogen-bond donors (Lipinski definition) is 0. The van der Waals surface area contributed by atoms with Crippen LogP contribution in [0.4, 0.5) is 37.1 Å². The van der Waals surface area contributed by atoms with Crippen LogP contribution in [-0.2, 0) is 40.2 Å². The number of nitrogens with zero attached hydrogens (tertiary/aromatic N) is 6. The molecule has 1 saturated carbocycles. The van der Waals surface area contributed by atoms with Gasteiger partial charge in [-0.05, 0) is 81.0 Å². The van der Waals surface area contributed by atoms with E-state index < -0.39 is 35.6 Å². The van der Waals surface area contributed by atoms with Crippen LogP contribution in [0, 0.1) is 11.8 Å². The minimum atomic E-state index is -5.00. The van der Waals surface area contributed by atoms with Crippen molar-refractivity contribution in [3.8, 4) is 11.1 Å². The number of piperidine rings is 1. The molecule has 1 unspecified atom stereocenters. The Hall–Kier alpha value is -4.37. The van der Waals surface area contributed by atoms with Crippen LogP contribution in [0.2, 0.25) is 0 Å². The number of halogens is 6. The Bertz CT molecular complexity index is 1630. The van der Waals surface area contributed by atoms with Gasteiger partial charge < -0.3 is 19.3 Å². The molecule has 2 aliphatic rings. The highest BCUT2D eigenvalue weighted by atomic mass is 19.4. The highest BCUT2D eigenvalue weighted by molar-refractivity contribution is 5.72. The van der Waals surface area contributed by atoms with E-state index in [2.05, 4.69) is 15.1 Å². The van der Waals surface area contributed by atoms with Crippen LogP contribution < -0.4 is 4.90 Å². The molecule has 284 valence electrons. The Kier molecular flexibility index (Phi) is 12.0. The van der Waals surface area contributed by atoms with Gasteiger partial charge in [-0.2, -0.15) is 31.4 Å². The lowest BCUT2D eigenvalue weighted by Crippen LogP contribution is -2.57. The molecule has 16 heteroatoms. The number of anilines is 1. The van der Waals surface area contributed by atoms with Gasteiger partial charge in [0.15, 0.2) is 0 Å². The summed E-state index contributed by atoms with van der Waals surface area (Å²) in [4.78, 5) is 38.0. The third kappa shape index (κ3) is 9.16. The van der Waals surface area contributed by atoms with Gasteiger partial charge in [-0.1, -0.05) is 13.8 Å². The minimum absolute atomic E-state index is 0.110. The SMILES string of the molecule is CC[C@@H]1CC(N(Cc2cc(C(F)(F)F)cc(C(F)(F)F)c2)c2ncc(-c3cnn(C)c3)cn2)C[C@H](CC)N1C(=O)OCC1CCC(C(=O)OC)CC1. The fraction of sp³-hybridized carbons (Fsp3) is 0.583. The highest BCUT2D eigenvalue weighted by Crippen LogP contribution is 2.39. The van der Waals surface area contributed by atoms with Crippen LogP contribution in [-0.4, -0.2) is 68.6 Å². The summed E-state index contributed by atoms with van der Waals surface area (Å²) < 4.78 is 95.3. The van der Waals surface area contributed by atoms with Gasteiger partial charge in [0.05, 0.1) is 37.0 Å². The molecule has 52 heavy (non-hydrogen) atoms. The fourth-order valence-electron chi connectivity index (χ4n) is 7.38. The zero-order valence-electron chi connectivity index (χ0n) is 29.6. The maximum atomic E-state index is 13.8. The van der Waals surface area contributed by atoms with E-state index in [4.69, 9.17) is 9.47 Å². The lowest BCUT2D eigenvalue weighted by Gasteiger charge is -2.47.